The molecule has 21 heavy (non-hydrogen) atoms. The molecule has 6 heteroatoms. The normalized spacial score (nSPS) is 21.6. The van der Waals surface area contributed by atoms with Gasteiger partial charge in [-0.1, -0.05) is 0 Å². The summed E-state index contributed by atoms with van der Waals surface area (Å²) < 4.78 is 0. The van der Waals surface area contributed by atoms with Gasteiger partial charge < -0.3 is 15.3 Å². The highest BCUT2D eigenvalue weighted by Crippen LogP contribution is 2.24. The number of aliphatic carboxylic acids is 1. The maximum Gasteiger partial charge on any atom is 0.306 e. The molecule has 6 nitrogen and oxygen atoms in total. The SMILES string of the molecule is CN(C)c1ccc(C(=O)NC2CCC(C(=O)O)CC2)cn1. The Balaban J connectivity index is 1.89. The maximum absolute atomic E-state index is 12.1. The minimum Gasteiger partial charge on any atom is -0.481 e. The molecule has 0 unspecified atom stereocenters. The molecule has 2 N–H and O–H groups in total. The maximum atomic E-state index is 12.1. The fourth-order valence-corrected chi connectivity index (χ4v) is 2.54. The highest BCUT2D eigenvalue weighted by molar-refractivity contribution is 5.94. The lowest BCUT2D eigenvalue weighted by Gasteiger charge is -2.26. The number of nitrogens with zero attached hydrogens (tertiary/aromatic N) is 2. The van der Waals surface area contributed by atoms with Crippen LogP contribution in [0.1, 0.15) is 36.0 Å². The van der Waals surface area contributed by atoms with E-state index in [9.17, 15) is 9.59 Å². The minimum atomic E-state index is -0.733. The molecule has 2 rings (SSSR count). The Morgan fingerprint density at radius 2 is 1.90 bits per heavy atom. The van der Waals surface area contributed by atoms with E-state index in [1.165, 1.54) is 0 Å². The summed E-state index contributed by atoms with van der Waals surface area (Å²) in [4.78, 5) is 29.1. The van der Waals surface area contributed by atoms with Crippen molar-refractivity contribution in [1.29, 1.82) is 0 Å². The summed E-state index contributed by atoms with van der Waals surface area (Å²) in [5.41, 5.74) is 0.529. The van der Waals surface area contributed by atoms with E-state index in [2.05, 4.69) is 10.3 Å². The molecule has 0 aromatic carbocycles. The first-order valence-corrected chi connectivity index (χ1v) is 7.14. The zero-order valence-electron chi connectivity index (χ0n) is 12.4. The number of carbonyl (C=O) groups is 2. The molecule has 1 saturated carbocycles. The molecule has 1 fully saturated rings. The van der Waals surface area contributed by atoms with E-state index in [0.717, 1.165) is 5.82 Å². The number of amides is 1. The summed E-state index contributed by atoms with van der Waals surface area (Å²) in [5.74, 6) is -0.345. The Labute approximate surface area is 124 Å². The third-order valence-electron chi connectivity index (χ3n) is 3.88. The average Bonchev–Trinajstić information content (AvgIpc) is 2.47. The largest absolute Gasteiger partial charge is 0.481 e. The van der Waals surface area contributed by atoms with Crippen LogP contribution in [0.2, 0.25) is 0 Å². The van der Waals surface area contributed by atoms with Crippen LogP contribution < -0.4 is 10.2 Å². The number of carboxylic acids is 1. The second-order valence-corrected chi connectivity index (χ2v) is 5.66. The first-order valence-electron chi connectivity index (χ1n) is 7.14. The fraction of sp³-hybridized carbons (Fsp3) is 0.533. The van der Waals surface area contributed by atoms with Crippen LogP contribution in [0.4, 0.5) is 5.82 Å². The number of aromatic nitrogens is 1. The van der Waals surface area contributed by atoms with Gasteiger partial charge in [-0.05, 0) is 37.8 Å². The molecule has 1 amide bonds. The topological polar surface area (TPSA) is 82.5 Å². The Morgan fingerprint density at radius 1 is 1.24 bits per heavy atom. The molecular formula is C15H21N3O3. The monoisotopic (exact) mass is 291 g/mol. The van der Waals surface area contributed by atoms with Crippen LogP contribution in [-0.4, -0.2) is 42.1 Å². The van der Waals surface area contributed by atoms with Gasteiger partial charge in [0.15, 0.2) is 0 Å². The van der Waals surface area contributed by atoms with Crippen molar-refractivity contribution in [2.45, 2.75) is 31.7 Å². The summed E-state index contributed by atoms with van der Waals surface area (Å²) in [6, 6.07) is 3.61. The highest BCUT2D eigenvalue weighted by Gasteiger charge is 2.26. The van der Waals surface area contributed by atoms with Crippen LogP contribution in [0, 0.1) is 5.92 Å². The number of hydrogen-bond acceptors (Lipinski definition) is 4. The number of rotatable bonds is 4. The molecule has 0 atom stereocenters. The molecule has 1 aromatic heterocycles. The van der Waals surface area contributed by atoms with E-state index in [1.54, 1.807) is 18.3 Å². The molecule has 0 radical (unpaired) electrons. The molecule has 0 aliphatic heterocycles. The summed E-state index contributed by atoms with van der Waals surface area (Å²) in [6.45, 7) is 0. The molecule has 1 aromatic rings. The van der Waals surface area contributed by atoms with Crippen molar-refractivity contribution in [3.63, 3.8) is 0 Å². The molecule has 114 valence electrons. The van der Waals surface area contributed by atoms with Crippen molar-refractivity contribution >= 4 is 17.7 Å². The lowest BCUT2D eigenvalue weighted by molar-refractivity contribution is -0.142. The number of hydrogen-bond donors (Lipinski definition) is 2. The Kier molecular flexibility index (Phi) is 4.77. The average molecular weight is 291 g/mol. The van der Waals surface area contributed by atoms with Crippen molar-refractivity contribution in [1.82, 2.24) is 10.3 Å². The molecule has 0 spiro atoms. The molecule has 0 saturated heterocycles. The summed E-state index contributed by atoms with van der Waals surface area (Å²) >= 11 is 0. The first kappa shape index (κ1) is 15.3. The molecule has 1 heterocycles. The predicted octanol–water partition coefficient (Wildman–Crippen LogP) is 1.52. The van der Waals surface area contributed by atoms with Gasteiger partial charge in [-0.25, -0.2) is 4.98 Å². The zero-order valence-corrected chi connectivity index (χ0v) is 12.4. The van der Waals surface area contributed by atoms with Crippen molar-refractivity contribution < 1.29 is 14.7 Å². The van der Waals surface area contributed by atoms with E-state index in [-0.39, 0.29) is 17.9 Å². The molecule has 1 aliphatic carbocycles. The van der Waals surface area contributed by atoms with Gasteiger partial charge in [-0.15, -0.1) is 0 Å². The van der Waals surface area contributed by atoms with Gasteiger partial charge in [0.25, 0.3) is 5.91 Å². The minimum absolute atomic E-state index is 0.0571. The van der Waals surface area contributed by atoms with Crippen molar-refractivity contribution in [2.24, 2.45) is 5.92 Å². The van der Waals surface area contributed by atoms with Crippen LogP contribution in [0.3, 0.4) is 0 Å². The molecule has 0 bridgehead atoms. The van der Waals surface area contributed by atoms with Gasteiger partial charge in [0, 0.05) is 26.3 Å². The number of pyridine rings is 1. The number of nitrogens with one attached hydrogen (secondary N) is 1. The van der Waals surface area contributed by atoms with E-state index in [4.69, 9.17) is 5.11 Å². The number of anilines is 1. The van der Waals surface area contributed by atoms with Gasteiger partial charge in [-0.3, -0.25) is 9.59 Å². The van der Waals surface area contributed by atoms with Crippen molar-refractivity contribution in [3.8, 4) is 0 Å². The van der Waals surface area contributed by atoms with Crippen molar-refractivity contribution in [3.05, 3.63) is 23.9 Å². The van der Waals surface area contributed by atoms with Crippen molar-refractivity contribution in [2.75, 3.05) is 19.0 Å². The Bertz CT molecular complexity index is 505. The highest BCUT2D eigenvalue weighted by atomic mass is 16.4. The van der Waals surface area contributed by atoms with E-state index in [1.807, 2.05) is 19.0 Å². The lowest BCUT2D eigenvalue weighted by Crippen LogP contribution is -2.38. The summed E-state index contributed by atoms with van der Waals surface area (Å²) in [7, 11) is 3.78. The van der Waals surface area contributed by atoms with Gasteiger partial charge in [0.05, 0.1) is 11.5 Å². The smallest absolute Gasteiger partial charge is 0.306 e. The quantitative estimate of drug-likeness (QED) is 0.879. The standard InChI is InChI=1S/C15H21N3O3/c1-18(2)13-8-5-11(9-16-13)14(19)17-12-6-3-10(4-7-12)15(20)21/h5,8-10,12H,3-4,6-7H2,1-2H3,(H,17,19)(H,20,21). The number of carbonyl (C=O) groups excluding carboxylic acids is 1. The van der Waals surface area contributed by atoms with Crippen LogP contribution in [0.5, 0.6) is 0 Å². The third kappa shape index (κ3) is 3.93. The molecule has 1 aliphatic rings. The Hall–Kier alpha value is -2.11. The summed E-state index contributed by atoms with van der Waals surface area (Å²) in [6.07, 6.45) is 4.24. The second-order valence-electron chi connectivity index (χ2n) is 5.66. The van der Waals surface area contributed by atoms with E-state index >= 15 is 0 Å². The third-order valence-corrected chi connectivity index (χ3v) is 3.88. The van der Waals surface area contributed by atoms with E-state index in [0.29, 0.717) is 31.2 Å². The van der Waals surface area contributed by atoms with Gasteiger partial charge >= 0.3 is 5.97 Å². The first-order chi connectivity index (χ1) is 9.97. The fourth-order valence-electron chi connectivity index (χ4n) is 2.54. The van der Waals surface area contributed by atoms with Crippen LogP contribution in [-0.2, 0) is 4.79 Å². The van der Waals surface area contributed by atoms with Crippen LogP contribution >= 0.6 is 0 Å². The van der Waals surface area contributed by atoms with Crippen LogP contribution in [0.15, 0.2) is 18.3 Å². The Morgan fingerprint density at radius 3 is 2.38 bits per heavy atom. The second kappa shape index (κ2) is 6.56. The summed E-state index contributed by atoms with van der Waals surface area (Å²) in [5, 5.41) is 11.9. The van der Waals surface area contributed by atoms with E-state index < -0.39 is 5.97 Å². The van der Waals surface area contributed by atoms with Gasteiger partial charge in [0.1, 0.15) is 5.82 Å². The number of carboxylic acid groups (broad SMARTS) is 1. The van der Waals surface area contributed by atoms with Gasteiger partial charge in [-0.2, -0.15) is 0 Å². The van der Waals surface area contributed by atoms with Gasteiger partial charge in [0.2, 0.25) is 0 Å². The predicted molar refractivity (Wildman–Crippen MR) is 79.4 cm³/mol. The molecular weight excluding hydrogens is 270 g/mol. The zero-order chi connectivity index (χ0) is 15.4. The van der Waals surface area contributed by atoms with Crippen LogP contribution in [0.25, 0.3) is 0 Å². The lowest BCUT2D eigenvalue weighted by atomic mass is 9.86.